The van der Waals surface area contributed by atoms with Crippen LogP contribution in [0, 0.1) is 5.82 Å². The average molecular weight is 239 g/mol. The summed E-state index contributed by atoms with van der Waals surface area (Å²) in [6.07, 6.45) is 0.275. The number of rotatable bonds is 4. The summed E-state index contributed by atoms with van der Waals surface area (Å²) in [5.74, 6) is 0.0247. The fourth-order valence-corrected chi connectivity index (χ4v) is 1.94. The minimum atomic E-state index is -0.303. The second-order valence-corrected chi connectivity index (χ2v) is 4.26. The monoisotopic (exact) mass is 239 g/mol. The van der Waals surface area contributed by atoms with Gasteiger partial charge in [-0.2, -0.15) is 0 Å². The maximum absolute atomic E-state index is 13.3. The van der Waals surface area contributed by atoms with Gasteiger partial charge in [0.1, 0.15) is 6.61 Å². The maximum atomic E-state index is 13.3. The highest BCUT2D eigenvalue weighted by atomic mass is 19.1. The van der Waals surface area contributed by atoms with Crippen LogP contribution in [-0.4, -0.2) is 43.9 Å². The van der Waals surface area contributed by atoms with Crippen LogP contribution in [0.25, 0.3) is 0 Å². The number of benzene rings is 1. The number of para-hydroxylation sites is 1. The van der Waals surface area contributed by atoms with Gasteiger partial charge in [0.15, 0.2) is 11.6 Å². The highest BCUT2D eigenvalue weighted by Gasteiger charge is 2.16. The van der Waals surface area contributed by atoms with Gasteiger partial charge in [-0.05, 0) is 19.1 Å². The van der Waals surface area contributed by atoms with Crippen LogP contribution in [0.4, 0.5) is 4.39 Å². The first-order valence-corrected chi connectivity index (χ1v) is 5.97. The Labute approximate surface area is 101 Å². The summed E-state index contributed by atoms with van der Waals surface area (Å²) in [5.41, 5.74) is 0. The molecule has 0 saturated carbocycles. The van der Waals surface area contributed by atoms with E-state index in [-0.39, 0.29) is 11.9 Å². The molecule has 1 aliphatic rings. The molecule has 0 bridgehead atoms. The standard InChI is InChI=1S/C13H18FNO2/c1-11-10-15(6-8-16-11)7-9-17-13-5-3-2-4-12(13)14/h2-5,11H,6-10H2,1H3/t11-/m1/s1. The van der Waals surface area contributed by atoms with Crippen molar-refractivity contribution in [2.45, 2.75) is 13.0 Å². The van der Waals surface area contributed by atoms with Crippen molar-refractivity contribution in [2.75, 3.05) is 32.8 Å². The van der Waals surface area contributed by atoms with Gasteiger partial charge >= 0.3 is 0 Å². The molecule has 1 saturated heterocycles. The zero-order valence-electron chi connectivity index (χ0n) is 10.1. The van der Waals surface area contributed by atoms with Gasteiger partial charge in [0, 0.05) is 19.6 Å². The molecule has 0 radical (unpaired) electrons. The molecule has 1 atom stereocenters. The summed E-state index contributed by atoms with van der Waals surface area (Å²) < 4.78 is 24.1. The molecule has 2 rings (SSSR count). The minimum absolute atomic E-state index is 0.275. The Balaban J connectivity index is 1.74. The highest BCUT2D eigenvalue weighted by molar-refractivity contribution is 5.23. The van der Waals surface area contributed by atoms with E-state index in [2.05, 4.69) is 11.8 Å². The number of halogens is 1. The third-order valence-electron chi connectivity index (χ3n) is 2.83. The third kappa shape index (κ3) is 3.68. The van der Waals surface area contributed by atoms with E-state index in [1.165, 1.54) is 6.07 Å². The number of ether oxygens (including phenoxy) is 2. The second kappa shape index (κ2) is 5.98. The van der Waals surface area contributed by atoms with Gasteiger partial charge in [0.2, 0.25) is 0 Å². The van der Waals surface area contributed by atoms with Crippen molar-refractivity contribution in [3.8, 4) is 5.75 Å². The molecule has 4 heteroatoms. The molecular weight excluding hydrogens is 221 g/mol. The predicted octanol–water partition coefficient (Wildman–Crippen LogP) is 1.93. The quantitative estimate of drug-likeness (QED) is 0.801. The highest BCUT2D eigenvalue weighted by Crippen LogP contribution is 2.15. The van der Waals surface area contributed by atoms with Crippen LogP contribution in [0.3, 0.4) is 0 Å². The Hall–Kier alpha value is -1.13. The van der Waals surface area contributed by atoms with Crippen LogP contribution in [0.1, 0.15) is 6.92 Å². The van der Waals surface area contributed by atoms with Crippen molar-refractivity contribution in [3.63, 3.8) is 0 Å². The van der Waals surface area contributed by atoms with Crippen molar-refractivity contribution >= 4 is 0 Å². The number of hydrogen-bond donors (Lipinski definition) is 0. The van der Waals surface area contributed by atoms with Crippen LogP contribution in [0.2, 0.25) is 0 Å². The first-order chi connectivity index (χ1) is 8.25. The van der Waals surface area contributed by atoms with Crippen molar-refractivity contribution in [2.24, 2.45) is 0 Å². The zero-order chi connectivity index (χ0) is 12.1. The van der Waals surface area contributed by atoms with E-state index in [0.29, 0.717) is 12.4 Å². The molecule has 1 heterocycles. The first kappa shape index (κ1) is 12.3. The Morgan fingerprint density at radius 1 is 1.47 bits per heavy atom. The molecule has 0 N–H and O–H groups in total. The summed E-state index contributed by atoms with van der Waals surface area (Å²) in [4.78, 5) is 2.27. The fourth-order valence-electron chi connectivity index (χ4n) is 1.94. The normalized spacial score (nSPS) is 21.4. The lowest BCUT2D eigenvalue weighted by molar-refractivity contribution is -0.0215. The molecular formula is C13H18FNO2. The van der Waals surface area contributed by atoms with Crippen LogP contribution in [-0.2, 0) is 4.74 Å². The van der Waals surface area contributed by atoms with Crippen molar-refractivity contribution in [1.29, 1.82) is 0 Å². The molecule has 0 amide bonds. The molecule has 3 nitrogen and oxygen atoms in total. The molecule has 0 spiro atoms. The molecule has 1 aliphatic heterocycles. The largest absolute Gasteiger partial charge is 0.489 e. The second-order valence-electron chi connectivity index (χ2n) is 4.26. The molecule has 1 aromatic rings. The van der Waals surface area contributed by atoms with E-state index in [0.717, 1.165) is 26.2 Å². The van der Waals surface area contributed by atoms with Crippen molar-refractivity contribution in [1.82, 2.24) is 4.90 Å². The Kier molecular flexibility index (Phi) is 4.34. The topological polar surface area (TPSA) is 21.7 Å². The zero-order valence-corrected chi connectivity index (χ0v) is 10.1. The van der Waals surface area contributed by atoms with Gasteiger partial charge in [-0.25, -0.2) is 4.39 Å². The van der Waals surface area contributed by atoms with E-state index in [4.69, 9.17) is 9.47 Å². The summed E-state index contributed by atoms with van der Waals surface area (Å²) in [5, 5.41) is 0. The number of morpholine rings is 1. The van der Waals surface area contributed by atoms with Crippen LogP contribution in [0.5, 0.6) is 5.75 Å². The van der Waals surface area contributed by atoms with Crippen molar-refractivity contribution in [3.05, 3.63) is 30.1 Å². The van der Waals surface area contributed by atoms with Gasteiger partial charge in [-0.1, -0.05) is 12.1 Å². The molecule has 1 fully saturated rings. The summed E-state index contributed by atoms with van der Waals surface area (Å²) in [6.45, 7) is 5.98. The van der Waals surface area contributed by atoms with Gasteiger partial charge < -0.3 is 9.47 Å². The Bertz CT molecular complexity index is 359. The smallest absolute Gasteiger partial charge is 0.165 e. The van der Waals surface area contributed by atoms with E-state index in [9.17, 15) is 4.39 Å². The van der Waals surface area contributed by atoms with Crippen LogP contribution in [0.15, 0.2) is 24.3 Å². The van der Waals surface area contributed by atoms with Gasteiger partial charge in [0.25, 0.3) is 0 Å². The lowest BCUT2D eigenvalue weighted by Crippen LogP contribution is -2.42. The SMILES string of the molecule is C[C@@H]1CN(CCOc2ccccc2F)CCO1. The van der Waals surface area contributed by atoms with E-state index < -0.39 is 0 Å². The van der Waals surface area contributed by atoms with E-state index in [1.807, 2.05) is 0 Å². The van der Waals surface area contributed by atoms with E-state index >= 15 is 0 Å². The van der Waals surface area contributed by atoms with Gasteiger partial charge in [0.05, 0.1) is 12.7 Å². The first-order valence-electron chi connectivity index (χ1n) is 5.97. The minimum Gasteiger partial charge on any atom is -0.489 e. The third-order valence-corrected chi connectivity index (χ3v) is 2.83. The summed E-state index contributed by atoms with van der Waals surface area (Å²) in [6, 6.07) is 6.49. The molecule has 0 aliphatic carbocycles. The average Bonchev–Trinajstić information content (AvgIpc) is 2.32. The molecule has 0 unspecified atom stereocenters. The number of nitrogens with zero attached hydrogens (tertiary/aromatic N) is 1. The molecule has 1 aromatic carbocycles. The predicted molar refractivity (Wildman–Crippen MR) is 63.7 cm³/mol. The van der Waals surface area contributed by atoms with Crippen LogP contribution < -0.4 is 4.74 Å². The van der Waals surface area contributed by atoms with E-state index in [1.54, 1.807) is 18.2 Å². The molecule has 17 heavy (non-hydrogen) atoms. The van der Waals surface area contributed by atoms with Gasteiger partial charge in [-0.3, -0.25) is 4.90 Å². The Morgan fingerprint density at radius 2 is 2.29 bits per heavy atom. The molecule has 0 aromatic heterocycles. The van der Waals surface area contributed by atoms with Gasteiger partial charge in [-0.15, -0.1) is 0 Å². The van der Waals surface area contributed by atoms with Crippen LogP contribution >= 0.6 is 0 Å². The molecule has 94 valence electrons. The lowest BCUT2D eigenvalue weighted by atomic mass is 10.3. The number of hydrogen-bond acceptors (Lipinski definition) is 3. The maximum Gasteiger partial charge on any atom is 0.165 e. The fraction of sp³-hybridized carbons (Fsp3) is 0.538. The van der Waals surface area contributed by atoms with Crippen molar-refractivity contribution < 1.29 is 13.9 Å². The summed E-state index contributed by atoms with van der Waals surface area (Å²) >= 11 is 0. The Morgan fingerprint density at radius 3 is 3.06 bits per heavy atom. The lowest BCUT2D eigenvalue weighted by Gasteiger charge is -2.30. The summed E-state index contributed by atoms with van der Waals surface area (Å²) in [7, 11) is 0.